The van der Waals surface area contributed by atoms with Gasteiger partial charge in [0.05, 0.1) is 11.9 Å². The average Bonchev–Trinajstić information content (AvgIpc) is 3.12. The molecule has 0 aliphatic heterocycles. The third kappa shape index (κ3) is 4.23. The van der Waals surface area contributed by atoms with Crippen molar-refractivity contribution in [1.29, 1.82) is 0 Å². The normalized spacial score (nSPS) is 11.1. The molecule has 0 saturated heterocycles. The third-order valence-corrected chi connectivity index (χ3v) is 6.09. The van der Waals surface area contributed by atoms with Gasteiger partial charge in [-0.1, -0.05) is 6.07 Å². The lowest BCUT2D eigenvalue weighted by Crippen LogP contribution is -2.12. The molecule has 0 amide bonds. The number of rotatable bonds is 6. The lowest BCUT2D eigenvalue weighted by atomic mass is 10.1. The van der Waals surface area contributed by atoms with Crippen LogP contribution in [0, 0.1) is 0 Å². The predicted octanol–water partition coefficient (Wildman–Crippen LogP) is 3.89. The number of nitrogens with one attached hydrogen (secondary N) is 2. The van der Waals surface area contributed by atoms with Crippen LogP contribution in [0.15, 0.2) is 64.3 Å². The molecule has 3 rings (SSSR count). The van der Waals surface area contributed by atoms with Crippen LogP contribution < -0.4 is 10.0 Å². The van der Waals surface area contributed by atoms with Crippen molar-refractivity contribution in [2.75, 3.05) is 10.0 Å². The fourth-order valence-corrected chi connectivity index (χ4v) is 4.09. The Hall–Kier alpha value is -2.71. The highest BCUT2D eigenvalue weighted by Gasteiger charge is 2.15. The van der Waals surface area contributed by atoms with Gasteiger partial charge < -0.3 is 5.32 Å². The maximum atomic E-state index is 12.1. The molecule has 2 heterocycles. The van der Waals surface area contributed by atoms with E-state index in [1.54, 1.807) is 47.8 Å². The molecule has 0 spiro atoms. The molecular weight excluding hydrogens is 358 g/mol. The summed E-state index contributed by atoms with van der Waals surface area (Å²) in [7, 11) is -3.60. The molecule has 6 nitrogen and oxygen atoms in total. The first-order chi connectivity index (χ1) is 11.9. The molecule has 0 atom stereocenters. The fourth-order valence-electron chi connectivity index (χ4n) is 2.09. The van der Waals surface area contributed by atoms with E-state index in [-0.39, 0.29) is 15.8 Å². The van der Waals surface area contributed by atoms with E-state index in [1.165, 1.54) is 19.2 Å². The summed E-state index contributed by atoms with van der Waals surface area (Å²) in [5.74, 6) is 0.251. The Kier molecular flexibility index (Phi) is 4.82. The van der Waals surface area contributed by atoms with Crippen LogP contribution in [-0.4, -0.2) is 19.2 Å². The van der Waals surface area contributed by atoms with Gasteiger partial charge in [0.25, 0.3) is 10.0 Å². The molecular formula is C17H15N3O3S2. The van der Waals surface area contributed by atoms with Crippen molar-refractivity contribution in [3.05, 3.63) is 65.7 Å². The first-order valence-corrected chi connectivity index (χ1v) is 9.71. The summed E-state index contributed by atoms with van der Waals surface area (Å²) in [5, 5.41) is 4.84. The van der Waals surface area contributed by atoms with Crippen molar-refractivity contribution >= 4 is 44.3 Å². The Morgan fingerprint density at radius 1 is 1.04 bits per heavy atom. The number of sulfonamides is 1. The third-order valence-electron chi connectivity index (χ3n) is 3.34. The standard InChI is InChI=1S/C17H15N3O3S2/c1-12(21)13-4-6-14(7-5-13)19-15-8-9-16(18-11-15)20-25(22,23)17-3-2-10-24-17/h2-11,19H,1H3,(H,18,20). The van der Waals surface area contributed by atoms with Crippen LogP contribution in [0.5, 0.6) is 0 Å². The Balaban J connectivity index is 1.69. The Morgan fingerprint density at radius 3 is 2.32 bits per heavy atom. The van der Waals surface area contributed by atoms with Crippen LogP contribution in [-0.2, 0) is 10.0 Å². The van der Waals surface area contributed by atoms with Gasteiger partial charge in [-0.15, -0.1) is 11.3 Å². The van der Waals surface area contributed by atoms with Gasteiger partial charge in [-0.25, -0.2) is 13.4 Å². The van der Waals surface area contributed by atoms with E-state index < -0.39 is 10.0 Å². The lowest BCUT2D eigenvalue weighted by molar-refractivity contribution is 0.101. The number of thiophene rings is 1. The number of carbonyl (C=O) groups excluding carboxylic acids is 1. The molecule has 0 fully saturated rings. The minimum atomic E-state index is -3.60. The largest absolute Gasteiger partial charge is 0.354 e. The average molecular weight is 373 g/mol. The predicted molar refractivity (Wildman–Crippen MR) is 99.1 cm³/mol. The zero-order chi connectivity index (χ0) is 17.9. The number of pyridine rings is 1. The molecule has 25 heavy (non-hydrogen) atoms. The second-order valence-electron chi connectivity index (χ2n) is 5.23. The van der Waals surface area contributed by atoms with Gasteiger partial charge in [0.2, 0.25) is 0 Å². The maximum absolute atomic E-state index is 12.1. The van der Waals surface area contributed by atoms with Crippen molar-refractivity contribution in [3.8, 4) is 0 Å². The highest BCUT2D eigenvalue weighted by molar-refractivity contribution is 7.94. The summed E-state index contributed by atoms with van der Waals surface area (Å²) in [4.78, 5) is 15.4. The SMILES string of the molecule is CC(=O)c1ccc(Nc2ccc(NS(=O)(=O)c3cccs3)nc2)cc1. The first-order valence-electron chi connectivity index (χ1n) is 7.34. The summed E-state index contributed by atoms with van der Waals surface area (Å²) >= 11 is 1.14. The molecule has 3 aromatic rings. The number of benzene rings is 1. The van der Waals surface area contributed by atoms with Crippen LogP contribution in [0.1, 0.15) is 17.3 Å². The Bertz CT molecular complexity index is 965. The second-order valence-corrected chi connectivity index (χ2v) is 8.09. The summed E-state index contributed by atoms with van der Waals surface area (Å²) in [5.41, 5.74) is 2.15. The molecule has 2 N–H and O–H groups in total. The molecule has 0 radical (unpaired) electrons. The van der Waals surface area contributed by atoms with Gasteiger partial charge in [0.1, 0.15) is 10.0 Å². The van der Waals surface area contributed by atoms with Gasteiger partial charge in [0.15, 0.2) is 5.78 Å². The van der Waals surface area contributed by atoms with Gasteiger partial charge in [-0.2, -0.15) is 0 Å². The minimum Gasteiger partial charge on any atom is -0.354 e. The van der Waals surface area contributed by atoms with E-state index in [2.05, 4.69) is 15.0 Å². The fraction of sp³-hybridized carbons (Fsp3) is 0.0588. The quantitative estimate of drug-likeness (QED) is 0.640. The smallest absolute Gasteiger partial charge is 0.272 e. The highest BCUT2D eigenvalue weighted by Crippen LogP contribution is 2.21. The van der Waals surface area contributed by atoms with Crippen LogP contribution >= 0.6 is 11.3 Å². The van der Waals surface area contributed by atoms with Crippen molar-refractivity contribution in [1.82, 2.24) is 4.98 Å². The van der Waals surface area contributed by atoms with Gasteiger partial charge >= 0.3 is 0 Å². The van der Waals surface area contributed by atoms with Crippen molar-refractivity contribution in [2.24, 2.45) is 0 Å². The van der Waals surface area contributed by atoms with E-state index in [4.69, 9.17) is 0 Å². The van der Waals surface area contributed by atoms with E-state index in [9.17, 15) is 13.2 Å². The molecule has 8 heteroatoms. The van der Waals surface area contributed by atoms with E-state index >= 15 is 0 Å². The number of aromatic nitrogens is 1. The van der Waals surface area contributed by atoms with Gasteiger partial charge in [-0.3, -0.25) is 9.52 Å². The van der Waals surface area contributed by atoms with E-state index in [1.807, 2.05) is 0 Å². The minimum absolute atomic E-state index is 0.00981. The molecule has 0 aliphatic carbocycles. The first kappa shape index (κ1) is 17.1. The summed E-state index contributed by atoms with van der Waals surface area (Å²) in [6.07, 6.45) is 1.53. The zero-order valence-electron chi connectivity index (χ0n) is 13.3. The summed E-state index contributed by atoms with van der Waals surface area (Å²) in [6, 6.07) is 13.6. The van der Waals surface area contributed by atoms with Crippen molar-refractivity contribution in [3.63, 3.8) is 0 Å². The summed E-state index contributed by atoms with van der Waals surface area (Å²) in [6.45, 7) is 1.52. The molecule has 0 saturated carbocycles. The molecule has 0 bridgehead atoms. The molecule has 2 aromatic heterocycles. The van der Waals surface area contributed by atoms with Crippen LogP contribution in [0.25, 0.3) is 0 Å². The highest BCUT2D eigenvalue weighted by atomic mass is 32.2. The number of anilines is 3. The number of nitrogens with zero attached hydrogens (tertiary/aromatic N) is 1. The molecule has 128 valence electrons. The number of hydrogen-bond donors (Lipinski definition) is 2. The van der Waals surface area contributed by atoms with Gasteiger partial charge in [0, 0.05) is 11.3 Å². The van der Waals surface area contributed by atoms with Crippen LogP contribution in [0.3, 0.4) is 0 Å². The second kappa shape index (κ2) is 7.04. The van der Waals surface area contributed by atoms with Crippen LogP contribution in [0.2, 0.25) is 0 Å². The molecule has 0 aliphatic rings. The monoisotopic (exact) mass is 373 g/mol. The van der Waals surface area contributed by atoms with Crippen LogP contribution in [0.4, 0.5) is 17.2 Å². The zero-order valence-corrected chi connectivity index (χ0v) is 14.9. The number of carbonyl (C=O) groups is 1. The van der Waals surface area contributed by atoms with E-state index in [0.29, 0.717) is 11.3 Å². The van der Waals surface area contributed by atoms with Gasteiger partial charge in [-0.05, 0) is 54.8 Å². The van der Waals surface area contributed by atoms with Crippen molar-refractivity contribution in [2.45, 2.75) is 11.1 Å². The Morgan fingerprint density at radius 2 is 1.76 bits per heavy atom. The topological polar surface area (TPSA) is 88.2 Å². The summed E-state index contributed by atoms with van der Waals surface area (Å²) < 4.78 is 27.0. The number of ketones is 1. The lowest BCUT2D eigenvalue weighted by Gasteiger charge is -2.09. The molecule has 1 aromatic carbocycles. The van der Waals surface area contributed by atoms with E-state index in [0.717, 1.165) is 17.0 Å². The Labute approximate surface area is 149 Å². The van der Waals surface area contributed by atoms with Crippen molar-refractivity contribution < 1.29 is 13.2 Å². The molecule has 0 unspecified atom stereocenters. The number of hydrogen-bond acceptors (Lipinski definition) is 6. The maximum Gasteiger partial charge on any atom is 0.272 e. The number of Topliss-reactive ketones (excluding diaryl/α,β-unsaturated/α-hetero) is 1.